The van der Waals surface area contributed by atoms with E-state index in [9.17, 15) is 10.2 Å². The summed E-state index contributed by atoms with van der Waals surface area (Å²) in [5.41, 5.74) is 1.19. The summed E-state index contributed by atoms with van der Waals surface area (Å²) in [6.07, 6.45) is 0.355. The van der Waals surface area contributed by atoms with Crippen LogP contribution in [-0.2, 0) is 19.1 Å². The first kappa shape index (κ1) is 13.9. The van der Waals surface area contributed by atoms with Gasteiger partial charge in [0, 0.05) is 13.5 Å². The van der Waals surface area contributed by atoms with Crippen molar-refractivity contribution in [3.8, 4) is 5.75 Å². The van der Waals surface area contributed by atoms with Gasteiger partial charge in [0.25, 0.3) is 0 Å². The van der Waals surface area contributed by atoms with Gasteiger partial charge in [-0.1, -0.05) is 23.7 Å². The van der Waals surface area contributed by atoms with Gasteiger partial charge in [-0.15, -0.1) is 0 Å². The van der Waals surface area contributed by atoms with Gasteiger partial charge in [0.15, 0.2) is 0 Å². The Kier molecular flexibility index (Phi) is 3.56. The number of benzene rings is 1. The summed E-state index contributed by atoms with van der Waals surface area (Å²) < 4.78 is 1.69. The Morgan fingerprint density at radius 2 is 1.89 bits per heavy atom. The third kappa shape index (κ3) is 2.74. The van der Waals surface area contributed by atoms with Crippen LogP contribution in [0.3, 0.4) is 0 Å². The molecule has 0 amide bonds. The molecule has 1 aromatic heterocycles. The van der Waals surface area contributed by atoms with Crippen molar-refractivity contribution in [3.05, 3.63) is 46.2 Å². The molecular weight excluding hydrogens is 264 g/mol. The molecule has 2 aromatic rings. The summed E-state index contributed by atoms with van der Waals surface area (Å²) >= 11 is 6.20. The zero-order chi connectivity index (χ0) is 14.2. The summed E-state index contributed by atoms with van der Waals surface area (Å²) in [6.45, 7) is 3.55. The number of hydrogen-bond donors (Lipinski definition) is 2. The Hall–Kier alpha value is -1.52. The quantitative estimate of drug-likeness (QED) is 0.908. The standard InChI is InChI=1S/C14H17ClN2O2/c1-9-13(15)12(17(3)16-9)8-14(2,19)10-4-6-11(18)7-5-10/h4-7,18-19H,8H2,1-3H3. The topological polar surface area (TPSA) is 58.3 Å². The molecule has 19 heavy (non-hydrogen) atoms. The van der Waals surface area contributed by atoms with Crippen molar-refractivity contribution in [2.24, 2.45) is 7.05 Å². The Bertz CT molecular complexity index is 588. The molecule has 5 heteroatoms. The van der Waals surface area contributed by atoms with Gasteiger partial charge in [0.1, 0.15) is 5.75 Å². The highest BCUT2D eigenvalue weighted by Crippen LogP contribution is 2.30. The Morgan fingerprint density at radius 1 is 1.32 bits per heavy atom. The highest BCUT2D eigenvalue weighted by molar-refractivity contribution is 6.31. The molecule has 102 valence electrons. The molecule has 1 heterocycles. The van der Waals surface area contributed by atoms with Crippen LogP contribution in [0.25, 0.3) is 0 Å². The number of nitrogens with zero attached hydrogens (tertiary/aromatic N) is 2. The lowest BCUT2D eigenvalue weighted by molar-refractivity contribution is 0.0556. The van der Waals surface area contributed by atoms with Crippen molar-refractivity contribution in [1.82, 2.24) is 9.78 Å². The summed E-state index contributed by atoms with van der Waals surface area (Å²) in [5, 5.41) is 24.7. The van der Waals surface area contributed by atoms with Crippen molar-refractivity contribution >= 4 is 11.6 Å². The fourth-order valence-corrected chi connectivity index (χ4v) is 2.35. The molecule has 1 unspecified atom stereocenters. The van der Waals surface area contributed by atoms with E-state index in [4.69, 9.17) is 11.6 Å². The van der Waals surface area contributed by atoms with Crippen LogP contribution in [0.15, 0.2) is 24.3 Å². The second kappa shape index (κ2) is 4.87. The van der Waals surface area contributed by atoms with Gasteiger partial charge < -0.3 is 10.2 Å². The summed E-state index contributed by atoms with van der Waals surface area (Å²) in [7, 11) is 1.81. The molecule has 2 N–H and O–H groups in total. The molecule has 0 bridgehead atoms. The average Bonchev–Trinajstić information content (AvgIpc) is 2.56. The van der Waals surface area contributed by atoms with E-state index in [1.807, 2.05) is 6.92 Å². The first-order valence-electron chi connectivity index (χ1n) is 6.01. The molecule has 0 aliphatic heterocycles. The minimum absolute atomic E-state index is 0.175. The van der Waals surface area contributed by atoms with Crippen LogP contribution in [0.1, 0.15) is 23.9 Å². The van der Waals surface area contributed by atoms with E-state index in [0.29, 0.717) is 11.4 Å². The van der Waals surface area contributed by atoms with Crippen molar-refractivity contribution in [2.45, 2.75) is 25.9 Å². The Morgan fingerprint density at radius 3 is 2.37 bits per heavy atom. The average molecular weight is 281 g/mol. The van der Waals surface area contributed by atoms with Crippen LogP contribution in [0.2, 0.25) is 5.02 Å². The minimum Gasteiger partial charge on any atom is -0.508 e. The zero-order valence-corrected chi connectivity index (χ0v) is 11.9. The number of phenolic OH excluding ortho intramolecular Hbond substituents is 1. The lowest BCUT2D eigenvalue weighted by Gasteiger charge is -2.24. The van der Waals surface area contributed by atoms with E-state index >= 15 is 0 Å². The predicted molar refractivity (Wildman–Crippen MR) is 74.3 cm³/mol. The highest BCUT2D eigenvalue weighted by atomic mass is 35.5. The number of hydrogen-bond acceptors (Lipinski definition) is 3. The maximum atomic E-state index is 10.6. The minimum atomic E-state index is -1.07. The molecule has 1 atom stereocenters. The molecule has 0 spiro atoms. The molecule has 2 rings (SSSR count). The third-order valence-corrected chi connectivity index (χ3v) is 3.75. The number of aliphatic hydroxyl groups is 1. The molecule has 0 saturated heterocycles. The van der Waals surface area contributed by atoms with Crippen LogP contribution in [0.5, 0.6) is 5.75 Å². The molecule has 0 aliphatic rings. The van der Waals surface area contributed by atoms with E-state index in [1.54, 1.807) is 42.9 Å². The normalized spacial score (nSPS) is 14.4. The first-order valence-corrected chi connectivity index (χ1v) is 6.39. The number of halogens is 1. The molecule has 0 radical (unpaired) electrons. The second-order valence-electron chi connectivity index (χ2n) is 4.97. The van der Waals surface area contributed by atoms with Crippen LogP contribution in [0, 0.1) is 6.92 Å². The van der Waals surface area contributed by atoms with Gasteiger partial charge in [-0.25, -0.2) is 0 Å². The molecule has 4 nitrogen and oxygen atoms in total. The van der Waals surface area contributed by atoms with Gasteiger partial charge in [-0.05, 0) is 31.5 Å². The zero-order valence-electron chi connectivity index (χ0n) is 11.2. The summed E-state index contributed by atoms with van der Waals surface area (Å²) in [6, 6.07) is 6.51. The summed E-state index contributed by atoms with van der Waals surface area (Å²) in [4.78, 5) is 0. The molecule has 1 aromatic carbocycles. The van der Waals surface area contributed by atoms with Crippen molar-refractivity contribution in [3.63, 3.8) is 0 Å². The van der Waals surface area contributed by atoms with Crippen LogP contribution in [0.4, 0.5) is 0 Å². The van der Waals surface area contributed by atoms with Crippen LogP contribution in [-0.4, -0.2) is 20.0 Å². The lowest BCUT2D eigenvalue weighted by Crippen LogP contribution is -2.25. The van der Waals surface area contributed by atoms with Crippen molar-refractivity contribution < 1.29 is 10.2 Å². The van der Waals surface area contributed by atoms with Crippen LogP contribution < -0.4 is 0 Å². The van der Waals surface area contributed by atoms with Gasteiger partial charge in [0.2, 0.25) is 0 Å². The number of aryl methyl sites for hydroxylation is 2. The first-order chi connectivity index (χ1) is 8.81. The van der Waals surface area contributed by atoms with Gasteiger partial charge in [-0.3, -0.25) is 4.68 Å². The van der Waals surface area contributed by atoms with E-state index in [0.717, 1.165) is 17.0 Å². The SMILES string of the molecule is Cc1nn(C)c(CC(C)(O)c2ccc(O)cc2)c1Cl. The molecule has 0 saturated carbocycles. The fraction of sp³-hybridized carbons (Fsp3) is 0.357. The van der Waals surface area contributed by atoms with E-state index in [-0.39, 0.29) is 5.75 Å². The van der Waals surface area contributed by atoms with Crippen molar-refractivity contribution in [1.29, 1.82) is 0 Å². The predicted octanol–water partition coefficient (Wildman–Crippen LogP) is 2.54. The Labute approximate surface area is 117 Å². The van der Waals surface area contributed by atoms with Gasteiger partial charge >= 0.3 is 0 Å². The number of phenols is 1. The monoisotopic (exact) mass is 280 g/mol. The Balaban J connectivity index is 2.33. The molecule has 0 aliphatic carbocycles. The molecule has 0 fully saturated rings. The smallest absolute Gasteiger partial charge is 0.115 e. The summed E-state index contributed by atoms with van der Waals surface area (Å²) in [5.74, 6) is 0.175. The third-order valence-electron chi connectivity index (χ3n) is 3.26. The largest absolute Gasteiger partial charge is 0.508 e. The fourth-order valence-electron chi connectivity index (χ4n) is 2.12. The maximum absolute atomic E-state index is 10.6. The van der Waals surface area contributed by atoms with Crippen molar-refractivity contribution in [2.75, 3.05) is 0 Å². The maximum Gasteiger partial charge on any atom is 0.115 e. The van der Waals surface area contributed by atoms with E-state index < -0.39 is 5.60 Å². The second-order valence-corrected chi connectivity index (χ2v) is 5.35. The lowest BCUT2D eigenvalue weighted by atomic mass is 9.91. The number of aromatic hydroxyl groups is 1. The van der Waals surface area contributed by atoms with E-state index in [2.05, 4.69) is 5.10 Å². The molecular formula is C14H17ClN2O2. The van der Waals surface area contributed by atoms with Crippen LogP contribution >= 0.6 is 11.6 Å². The van der Waals surface area contributed by atoms with E-state index in [1.165, 1.54) is 0 Å². The number of aromatic nitrogens is 2. The highest BCUT2D eigenvalue weighted by Gasteiger charge is 2.27. The van der Waals surface area contributed by atoms with Gasteiger partial charge in [-0.2, -0.15) is 5.10 Å². The number of rotatable bonds is 3. The van der Waals surface area contributed by atoms with Gasteiger partial charge in [0.05, 0.1) is 22.0 Å².